The molecule has 1 heterocycles. The molecule has 0 spiro atoms. The summed E-state index contributed by atoms with van der Waals surface area (Å²) in [6.45, 7) is 0.574. The van der Waals surface area contributed by atoms with Crippen LogP contribution in [0.4, 0.5) is 5.69 Å². The minimum absolute atomic E-state index is 0.00855. The van der Waals surface area contributed by atoms with Gasteiger partial charge in [-0.3, -0.25) is 14.5 Å². The Kier molecular flexibility index (Phi) is 8.04. The molecule has 2 amide bonds. The van der Waals surface area contributed by atoms with Crippen LogP contribution in [0.2, 0.25) is 0 Å². The monoisotopic (exact) mass is 440 g/mol. The first-order chi connectivity index (χ1) is 14.6. The lowest BCUT2D eigenvalue weighted by molar-refractivity contribution is -0.122. The van der Waals surface area contributed by atoms with Crippen LogP contribution in [0.5, 0.6) is 5.75 Å². The lowest BCUT2D eigenvalue weighted by Gasteiger charge is -2.14. The van der Waals surface area contributed by atoms with Gasteiger partial charge in [0.2, 0.25) is 5.91 Å². The molecule has 0 aromatic heterocycles. The number of amides is 2. The maximum absolute atomic E-state index is 12.7. The van der Waals surface area contributed by atoms with Gasteiger partial charge in [-0.05, 0) is 48.7 Å². The van der Waals surface area contributed by atoms with Crippen LogP contribution in [0.15, 0.2) is 59.5 Å². The van der Waals surface area contributed by atoms with E-state index in [1.54, 1.807) is 12.0 Å². The topological polar surface area (TPSA) is 58.6 Å². The summed E-state index contributed by atoms with van der Waals surface area (Å²) < 4.78 is 5.74. The number of unbranched alkanes of at least 4 members (excludes halogenated alkanes) is 2. The predicted octanol–water partition coefficient (Wildman–Crippen LogP) is 5.10. The zero-order valence-electron chi connectivity index (χ0n) is 16.8. The average Bonchev–Trinajstić information content (AvgIpc) is 3.02. The van der Waals surface area contributed by atoms with Crippen LogP contribution in [0, 0.1) is 0 Å². The number of ether oxygens (including phenoxy) is 1. The molecule has 0 aliphatic carbocycles. The van der Waals surface area contributed by atoms with Crippen LogP contribution < -0.4 is 10.1 Å². The van der Waals surface area contributed by atoms with E-state index in [-0.39, 0.29) is 11.8 Å². The molecule has 1 saturated heterocycles. The molecular weight excluding hydrogens is 416 g/mol. The third-order valence-electron chi connectivity index (χ3n) is 4.63. The van der Waals surface area contributed by atoms with Crippen LogP contribution in [-0.2, 0) is 9.59 Å². The number of benzene rings is 2. The zero-order valence-corrected chi connectivity index (χ0v) is 18.4. The maximum atomic E-state index is 12.7. The number of rotatable bonds is 9. The molecule has 156 valence electrons. The molecule has 0 radical (unpaired) electrons. The van der Waals surface area contributed by atoms with Gasteiger partial charge in [-0.2, -0.15) is 0 Å². The Labute approximate surface area is 186 Å². The number of carbonyl (C=O) groups is 2. The van der Waals surface area contributed by atoms with Crippen molar-refractivity contribution in [2.24, 2.45) is 0 Å². The van der Waals surface area contributed by atoms with Crippen molar-refractivity contribution in [2.75, 3.05) is 19.0 Å². The van der Waals surface area contributed by atoms with E-state index in [1.807, 2.05) is 60.7 Å². The number of thiocarbonyl (C=S) groups is 1. The summed E-state index contributed by atoms with van der Waals surface area (Å²) in [5.41, 5.74) is 1.74. The van der Waals surface area contributed by atoms with Crippen LogP contribution in [0.25, 0.3) is 6.08 Å². The molecule has 7 heteroatoms. The van der Waals surface area contributed by atoms with Gasteiger partial charge in [-0.15, -0.1) is 0 Å². The first-order valence-electron chi connectivity index (χ1n) is 9.81. The molecular formula is C23H24N2O3S2. The fraction of sp³-hybridized carbons (Fsp3) is 0.261. The molecule has 30 heavy (non-hydrogen) atoms. The second-order valence-corrected chi connectivity index (χ2v) is 8.51. The first-order valence-corrected chi connectivity index (χ1v) is 11.0. The van der Waals surface area contributed by atoms with Gasteiger partial charge >= 0.3 is 0 Å². The first kappa shape index (κ1) is 22.1. The normalized spacial score (nSPS) is 15.0. The highest BCUT2D eigenvalue weighted by atomic mass is 32.2. The highest BCUT2D eigenvalue weighted by molar-refractivity contribution is 8.26. The standard InChI is InChI=1S/C23H24N2O3S2/c1-28-19-13-11-17(12-14-19)16-20-22(27)25(23(29)30-20)15-7-3-6-10-21(26)24-18-8-4-2-5-9-18/h2,4-5,8-9,11-14,16H,3,6-7,10,15H2,1H3,(H,24,26)/b20-16-. The Morgan fingerprint density at radius 3 is 2.53 bits per heavy atom. The van der Waals surface area contributed by atoms with Crippen molar-refractivity contribution in [2.45, 2.75) is 25.7 Å². The molecule has 1 N–H and O–H groups in total. The van der Waals surface area contributed by atoms with Crippen molar-refractivity contribution < 1.29 is 14.3 Å². The molecule has 0 atom stereocenters. The van der Waals surface area contributed by atoms with Crippen LogP contribution in [0.3, 0.4) is 0 Å². The smallest absolute Gasteiger partial charge is 0.266 e. The summed E-state index contributed by atoms with van der Waals surface area (Å²) in [6.07, 6.45) is 4.75. The van der Waals surface area contributed by atoms with E-state index >= 15 is 0 Å². The Morgan fingerprint density at radius 2 is 1.83 bits per heavy atom. The summed E-state index contributed by atoms with van der Waals surface area (Å²) in [7, 11) is 1.62. The van der Waals surface area contributed by atoms with Crippen LogP contribution >= 0.6 is 24.0 Å². The zero-order chi connectivity index (χ0) is 21.3. The molecule has 3 rings (SSSR count). The van der Waals surface area contributed by atoms with Gasteiger partial charge in [-0.1, -0.05) is 60.7 Å². The summed E-state index contributed by atoms with van der Waals surface area (Å²) in [6, 6.07) is 17.0. The molecule has 1 aliphatic heterocycles. The van der Waals surface area contributed by atoms with Gasteiger partial charge in [0, 0.05) is 18.7 Å². The molecule has 1 aliphatic rings. The number of nitrogens with zero attached hydrogens (tertiary/aromatic N) is 1. The average molecular weight is 441 g/mol. The van der Waals surface area contributed by atoms with Crippen molar-refractivity contribution >= 4 is 51.9 Å². The molecule has 5 nitrogen and oxygen atoms in total. The Bertz CT molecular complexity index is 927. The highest BCUT2D eigenvalue weighted by Gasteiger charge is 2.31. The van der Waals surface area contributed by atoms with E-state index in [2.05, 4.69) is 5.32 Å². The molecule has 0 saturated carbocycles. The number of para-hydroxylation sites is 1. The van der Waals surface area contributed by atoms with Crippen molar-refractivity contribution in [3.05, 3.63) is 65.1 Å². The number of anilines is 1. The highest BCUT2D eigenvalue weighted by Crippen LogP contribution is 2.33. The Balaban J connectivity index is 1.42. The van der Waals surface area contributed by atoms with Gasteiger partial charge in [0.15, 0.2) is 0 Å². The van der Waals surface area contributed by atoms with Crippen LogP contribution in [-0.4, -0.2) is 34.7 Å². The second kappa shape index (κ2) is 10.9. The van der Waals surface area contributed by atoms with Gasteiger partial charge in [0.1, 0.15) is 10.1 Å². The Hall–Kier alpha value is -2.64. The van der Waals surface area contributed by atoms with Crippen molar-refractivity contribution in [1.29, 1.82) is 0 Å². The van der Waals surface area contributed by atoms with E-state index < -0.39 is 0 Å². The van der Waals surface area contributed by atoms with Gasteiger partial charge < -0.3 is 10.1 Å². The summed E-state index contributed by atoms with van der Waals surface area (Å²) in [5.74, 6) is 0.731. The molecule has 1 fully saturated rings. The van der Waals surface area contributed by atoms with Gasteiger partial charge in [0.05, 0.1) is 12.0 Å². The summed E-state index contributed by atoms with van der Waals surface area (Å²) in [5, 5.41) is 2.88. The van der Waals surface area contributed by atoms with E-state index in [9.17, 15) is 9.59 Å². The number of carbonyl (C=O) groups excluding carboxylic acids is 2. The SMILES string of the molecule is COc1ccc(/C=C2\SC(=S)N(CCCCCC(=O)Nc3ccccc3)C2=O)cc1. The maximum Gasteiger partial charge on any atom is 0.266 e. The van der Waals surface area contributed by atoms with E-state index in [1.165, 1.54) is 11.8 Å². The predicted molar refractivity (Wildman–Crippen MR) is 126 cm³/mol. The molecule has 2 aromatic carbocycles. The third kappa shape index (κ3) is 6.18. The number of hydrogen-bond donors (Lipinski definition) is 1. The second-order valence-electron chi connectivity index (χ2n) is 6.83. The number of thioether (sulfide) groups is 1. The molecule has 2 aromatic rings. The quantitative estimate of drug-likeness (QED) is 0.334. The van der Waals surface area contributed by atoms with Crippen LogP contribution in [0.1, 0.15) is 31.2 Å². The van der Waals surface area contributed by atoms with Crippen molar-refractivity contribution in [1.82, 2.24) is 4.90 Å². The lowest BCUT2D eigenvalue weighted by atomic mass is 10.1. The summed E-state index contributed by atoms with van der Waals surface area (Å²) in [4.78, 5) is 26.9. The fourth-order valence-corrected chi connectivity index (χ4v) is 4.33. The largest absolute Gasteiger partial charge is 0.497 e. The fourth-order valence-electron chi connectivity index (χ4n) is 3.02. The van der Waals surface area contributed by atoms with E-state index in [0.717, 1.165) is 36.3 Å². The van der Waals surface area contributed by atoms with E-state index in [0.29, 0.717) is 22.2 Å². The minimum Gasteiger partial charge on any atom is -0.497 e. The summed E-state index contributed by atoms with van der Waals surface area (Å²) >= 11 is 6.72. The van der Waals surface area contributed by atoms with E-state index in [4.69, 9.17) is 17.0 Å². The number of nitrogens with one attached hydrogen (secondary N) is 1. The third-order valence-corrected chi connectivity index (χ3v) is 6.01. The molecule has 0 bridgehead atoms. The van der Waals surface area contributed by atoms with Gasteiger partial charge in [0.25, 0.3) is 5.91 Å². The number of methoxy groups -OCH3 is 1. The Morgan fingerprint density at radius 1 is 1.10 bits per heavy atom. The molecule has 0 unspecified atom stereocenters. The number of hydrogen-bond acceptors (Lipinski definition) is 5. The van der Waals surface area contributed by atoms with Crippen molar-refractivity contribution in [3.8, 4) is 5.75 Å². The minimum atomic E-state index is -0.0531. The van der Waals surface area contributed by atoms with Gasteiger partial charge in [-0.25, -0.2) is 0 Å². The lowest BCUT2D eigenvalue weighted by Crippen LogP contribution is -2.29. The van der Waals surface area contributed by atoms with Crippen molar-refractivity contribution in [3.63, 3.8) is 0 Å².